The quantitative estimate of drug-likeness (QED) is 0.0226. The normalized spacial score (nSPS) is 15.0. The fraction of sp³-hybridized carbons (Fsp3) is 0.474. The lowest BCUT2D eigenvalue weighted by Crippen LogP contribution is -2.53. The predicted molar refractivity (Wildman–Crippen MR) is 355 cm³/mol. The first-order valence-corrected chi connectivity index (χ1v) is 32.3. The molecular formula is C76H92N4O10. The van der Waals surface area contributed by atoms with E-state index in [-0.39, 0.29) is 11.7 Å². The highest BCUT2D eigenvalue weighted by Gasteiger charge is 2.61. The Balaban J connectivity index is 1.29. The first kappa shape index (κ1) is 69.1. The van der Waals surface area contributed by atoms with Crippen molar-refractivity contribution in [1.82, 2.24) is 10.1 Å². The fourth-order valence-electron chi connectivity index (χ4n) is 9.58. The maximum Gasteiger partial charge on any atom is 0.316 e. The van der Waals surface area contributed by atoms with Crippen LogP contribution in [0.25, 0.3) is 0 Å². The summed E-state index contributed by atoms with van der Waals surface area (Å²) >= 11 is 0. The molecule has 90 heavy (non-hydrogen) atoms. The smallest absolute Gasteiger partial charge is 0.316 e. The highest BCUT2D eigenvalue weighted by atomic mass is 16.5. The number of benzene rings is 5. The maximum absolute atomic E-state index is 13.4. The molecule has 476 valence electrons. The average molecular weight is 1220 g/mol. The van der Waals surface area contributed by atoms with Crippen molar-refractivity contribution in [2.24, 2.45) is 0 Å². The first-order valence-electron chi connectivity index (χ1n) is 32.3. The highest BCUT2D eigenvalue weighted by Crippen LogP contribution is 2.40. The molecule has 7 rings (SSSR count). The molecule has 14 heteroatoms. The van der Waals surface area contributed by atoms with Crippen LogP contribution in [-0.2, 0) is 10.4 Å². The molecule has 0 amide bonds. The zero-order valence-corrected chi connectivity index (χ0v) is 55.7. The van der Waals surface area contributed by atoms with Crippen LogP contribution >= 0.6 is 0 Å². The van der Waals surface area contributed by atoms with Gasteiger partial charge in [-0.1, -0.05) is 138 Å². The zero-order chi connectivity index (χ0) is 65.2. The number of rotatable bonds is 26. The molecule has 2 aliphatic rings. The van der Waals surface area contributed by atoms with Gasteiger partial charge in [-0.3, -0.25) is 9.48 Å². The summed E-state index contributed by atoms with van der Waals surface area (Å²) in [6.45, 7) is 29.8. The van der Waals surface area contributed by atoms with Gasteiger partial charge in [0.15, 0.2) is 11.1 Å². The molecule has 0 atom stereocenters. The second kappa shape index (κ2) is 31.4. The van der Waals surface area contributed by atoms with E-state index in [4.69, 9.17) is 28.4 Å². The molecule has 2 heterocycles. The van der Waals surface area contributed by atoms with Gasteiger partial charge in [-0.15, -0.1) is 0 Å². The van der Waals surface area contributed by atoms with E-state index in [0.29, 0.717) is 130 Å². The number of nitrogens with zero attached hydrogens (tertiary/aromatic N) is 4. The van der Waals surface area contributed by atoms with E-state index in [2.05, 4.69) is 88.9 Å². The van der Waals surface area contributed by atoms with Gasteiger partial charge >= 0.3 is 11.7 Å². The number of hydroxylamine groups is 6. The third-order valence-electron chi connectivity index (χ3n) is 17.2. The van der Waals surface area contributed by atoms with Gasteiger partial charge in [0, 0.05) is 57.9 Å². The van der Waals surface area contributed by atoms with E-state index >= 15 is 0 Å². The lowest BCUT2D eigenvalue weighted by atomic mass is 9.84. The molecule has 0 fully saturated rings. The SMILES string of the molecule is CCCCOc1cc(C#Cc2cc(OCCCC)c(C#Cc3cc(OCCCC)c(C#Cc4ccc(C5=[N+]([O-])C(C)(C)C(C)(C)N5[O])cc4)cc3OCCCC)cc2OCCCC)c(OCCCC)cc1C#Cc1ccc(C2=[N+]([O-])C(C)(C)C(C)(C)N2[O])cc1. The summed E-state index contributed by atoms with van der Waals surface area (Å²) in [5.74, 6) is 30.6. The Bertz CT molecular complexity index is 3390. The van der Waals surface area contributed by atoms with Crippen molar-refractivity contribution in [2.45, 2.75) is 196 Å². The molecule has 0 unspecified atom stereocenters. The molecule has 2 radical (unpaired) electrons. The minimum Gasteiger partial charge on any atom is -0.714 e. The molecule has 0 bridgehead atoms. The molecule has 0 saturated carbocycles. The Kier molecular flexibility index (Phi) is 24.1. The molecule has 0 N–H and O–H groups in total. The molecule has 5 aromatic carbocycles. The van der Waals surface area contributed by atoms with Crippen molar-refractivity contribution in [1.29, 1.82) is 0 Å². The van der Waals surface area contributed by atoms with E-state index in [1.807, 2.05) is 60.7 Å². The summed E-state index contributed by atoms with van der Waals surface area (Å²) < 4.78 is 40.7. The summed E-state index contributed by atoms with van der Waals surface area (Å²) in [4.78, 5) is 0. The Morgan fingerprint density at radius 2 is 0.544 bits per heavy atom. The van der Waals surface area contributed by atoms with Gasteiger partial charge in [-0.25, -0.2) is 0 Å². The van der Waals surface area contributed by atoms with Crippen LogP contribution in [0.1, 0.15) is 230 Å². The standard InChI is InChI=1S/C76H92N4O10/c1-15-21-43-85-65-51-61(67(87-45-23-17-3)49-59(65)37-31-55-27-33-57(34-28-55)71-77(81)73(7,8)74(9,10)78(71)82)39-41-63-53-70(90-48-26-20-6)64(54-69(63)89-47-25-19-5)42-40-62-52-66(86-44-22-16-2)60(50-68(62)88-46-24-18-4)38-32-56-29-35-58(36-30-56)72-79(83)75(11,12)76(13,14)80(72)84/h27-30,33-36,49-54H,15-26,43-48H2,1-14H3. The van der Waals surface area contributed by atoms with Crippen molar-refractivity contribution in [3.8, 4) is 81.9 Å². The van der Waals surface area contributed by atoms with Crippen molar-refractivity contribution in [3.05, 3.63) is 151 Å². The van der Waals surface area contributed by atoms with Crippen LogP contribution in [0.3, 0.4) is 0 Å². The van der Waals surface area contributed by atoms with Gasteiger partial charge in [0.05, 0.1) is 84.1 Å². The third kappa shape index (κ3) is 15.9. The molecule has 0 aliphatic carbocycles. The van der Waals surface area contributed by atoms with Gasteiger partial charge in [0.25, 0.3) is 0 Å². The van der Waals surface area contributed by atoms with E-state index < -0.39 is 22.2 Å². The van der Waals surface area contributed by atoms with Crippen LogP contribution in [0.2, 0.25) is 0 Å². The van der Waals surface area contributed by atoms with Crippen molar-refractivity contribution >= 4 is 11.7 Å². The molecule has 0 spiro atoms. The number of hydrogen-bond acceptors (Lipinski definition) is 10. The average Bonchev–Trinajstić information content (AvgIpc) is 1.59. The lowest BCUT2D eigenvalue weighted by molar-refractivity contribution is -0.539. The maximum atomic E-state index is 13.4. The Morgan fingerprint density at radius 3 is 0.722 bits per heavy atom. The van der Waals surface area contributed by atoms with Crippen molar-refractivity contribution < 1.29 is 48.3 Å². The second-order valence-electron chi connectivity index (χ2n) is 25.0. The summed E-state index contributed by atoms with van der Waals surface area (Å²) in [6, 6.07) is 25.7. The van der Waals surface area contributed by atoms with E-state index in [9.17, 15) is 20.8 Å². The Labute approximate surface area is 536 Å². The minimum absolute atomic E-state index is 0.0760. The minimum atomic E-state index is -0.932. The van der Waals surface area contributed by atoms with Crippen LogP contribution in [-0.4, -0.2) is 93.1 Å². The molecule has 2 aliphatic heterocycles. The fourth-order valence-corrected chi connectivity index (χ4v) is 9.58. The summed E-state index contributed by atoms with van der Waals surface area (Å²) in [5.41, 5.74) is 2.42. The van der Waals surface area contributed by atoms with Gasteiger partial charge in [-0.2, -0.15) is 0 Å². The van der Waals surface area contributed by atoms with Crippen molar-refractivity contribution in [3.63, 3.8) is 0 Å². The zero-order valence-electron chi connectivity index (χ0n) is 55.7. The second-order valence-corrected chi connectivity index (χ2v) is 25.0. The van der Waals surface area contributed by atoms with Gasteiger partial charge in [0.1, 0.15) is 45.6 Å². The Morgan fingerprint density at radius 1 is 0.344 bits per heavy atom. The monoisotopic (exact) mass is 1220 g/mol. The first-order chi connectivity index (χ1) is 43.1. The van der Waals surface area contributed by atoms with Crippen molar-refractivity contribution in [2.75, 3.05) is 39.6 Å². The molecule has 5 aromatic rings. The number of hydrogen-bond donors (Lipinski definition) is 0. The van der Waals surface area contributed by atoms with Crippen LogP contribution in [0.15, 0.2) is 84.9 Å². The van der Waals surface area contributed by atoms with Gasteiger partial charge in [-0.05, 0) is 142 Å². The number of ether oxygens (including phenoxy) is 6. The highest BCUT2D eigenvalue weighted by molar-refractivity contribution is 5.96. The van der Waals surface area contributed by atoms with Crippen LogP contribution in [0.4, 0.5) is 0 Å². The predicted octanol–water partition coefficient (Wildman–Crippen LogP) is 15.3. The molecule has 0 saturated heterocycles. The molecular weight excluding hydrogens is 1130 g/mol. The van der Waals surface area contributed by atoms with E-state index in [0.717, 1.165) is 96.7 Å². The van der Waals surface area contributed by atoms with E-state index in [1.165, 1.54) is 0 Å². The summed E-state index contributed by atoms with van der Waals surface area (Å²) in [7, 11) is 0. The number of amidine groups is 2. The van der Waals surface area contributed by atoms with Gasteiger partial charge < -0.3 is 38.8 Å². The lowest BCUT2D eigenvalue weighted by Gasteiger charge is -2.32. The summed E-state index contributed by atoms with van der Waals surface area (Å²) in [5, 5.41) is 55.3. The largest absolute Gasteiger partial charge is 0.714 e. The molecule has 0 aromatic heterocycles. The van der Waals surface area contributed by atoms with E-state index in [1.54, 1.807) is 79.7 Å². The molecule has 14 nitrogen and oxygen atoms in total. The Hall–Kier alpha value is -8.40. The summed E-state index contributed by atoms with van der Waals surface area (Å²) in [6.07, 6.45) is 10.6. The topological polar surface area (TPSA) is 154 Å². The van der Waals surface area contributed by atoms with Crippen LogP contribution < -0.4 is 28.4 Å². The third-order valence-corrected chi connectivity index (χ3v) is 17.2. The number of unbranched alkanes of at least 4 members (excludes halogenated alkanes) is 6. The van der Waals surface area contributed by atoms with Gasteiger partial charge in [0.2, 0.25) is 0 Å². The van der Waals surface area contributed by atoms with Crippen LogP contribution in [0.5, 0.6) is 34.5 Å². The van der Waals surface area contributed by atoms with Crippen LogP contribution in [0, 0.1) is 57.8 Å².